The Morgan fingerprint density at radius 2 is 1.57 bits per heavy atom. The largest absolute Gasteiger partial charge is 0.378 e. The molecule has 1 N–H and O–H groups in total. The average molecular weight is 413 g/mol. The Labute approximate surface area is 170 Å². The van der Waals surface area contributed by atoms with E-state index in [4.69, 9.17) is 11.6 Å². The van der Waals surface area contributed by atoms with Crippen LogP contribution in [0, 0.1) is 0 Å². The minimum absolute atomic E-state index is 0.0327. The molecule has 0 bridgehead atoms. The van der Waals surface area contributed by atoms with Crippen LogP contribution in [-0.2, 0) is 10.0 Å². The highest BCUT2D eigenvalue weighted by Crippen LogP contribution is 2.41. The fraction of sp³-hybridized carbons (Fsp3) is 0.182. The van der Waals surface area contributed by atoms with Gasteiger partial charge in [-0.3, -0.25) is 4.31 Å². The van der Waals surface area contributed by atoms with Gasteiger partial charge in [0.2, 0.25) is 0 Å². The lowest BCUT2D eigenvalue weighted by Gasteiger charge is -2.40. The Bertz CT molecular complexity index is 1070. The maximum atomic E-state index is 13.4. The maximum Gasteiger partial charge on any atom is 0.264 e. The van der Waals surface area contributed by atoms with Crippen molar-refractivity contribution in [2.24, 2.45) is 0 Å². The quantitative estimate of drug-likeness (QED) is 0.617. The summed E-state index contributed by atoms with van der Waals surface area (Å²) in [6.07, 6.45) is 0.665. The molecule has 1 heterocycles. The lowest BCUT2D eigenvalue weighted by molar-refractivity contribution is 0.537. The first kappa shape index (κ1) is 18.8. The zero-order valence-corrected chi connectivity index (χ0v) is 17.0. The third kappa shape index (κ3) is 3.48. The lowest BCUT2D eigenvalue weighted by Crippen LogP contribution is -2.44. The number of halogens is 1. The number of sulfonamides is 1. The highest BCUT2D eigenvalue weighted by molar-refractivity contribution is 7.92. The van der Waals surface area contributed by atoms with E-state index in [0.717, 1.165) is 11.3 Å². The molecule has 0 fully saturated rings. The molecule has 0 aromatic heterocycles. The van der Waals surface area contributed by atoms with Crippen LogP contribution in [0.2, 0.25) is 5.02 Å². The van der Waals surface area contributed by atoms with Crippen molar-refractivity contribution in [2.75, 3.05) is 9.62 Å². The zero-order valence-electron chi connectivity index (χ0n) is 15.4. The van der Waals surface area contributed by atoms with E-state index in [-0.39, 0.29) is 17.0 Å². The first-order valence-electron chi connectivity index (χ1n) is 9.17. The summed E-state index contributed by atoms with van der Waals surface area (Å²) < 4.78 is 28.3. The van der Waals surface area contributed by atoms with Crippen molar-refractivity contribution in [3.05, 3.63) is 89.4 Å². The molecule has 3 aromatic carbocycles. The van der Waals surface area contributed by atoms with Crippen LogP contribution in [0.15, 0.2) is 83.8 Å². The molecule has 1 aliphatic heterocycles. The molecule has 0 aliphatic carbocycles. The normalized spacial score (nSPS) is 19.1. The van der Waals surface area contributed by atoms with Crippen molar-refractivity contribution >= 4 is 33.0 Å². The van der Waals surface area contributed by atoms with Crippen LogP contribution in [0.25, 0.3) is 0 Å². The molecular formula is C22H21ClN2O2S. The van der Waals surface area contributed by atoms with E-state index in [1.807, 2.05) is 61.5 Å². The third-order valence-corrected chi connectivity index (χ3v) is 7.21. The second kappa shape index (κ2) is 7.49. The van der Waals surface area contributed by atoms with E-state index in [1.54, 1.807) is 24.3 Å². The molecule has 4 rings (SSSR count). The van der Waals surface area contributed by atoms with Gasteiger partial charge in [-0.15, -0.1) is 0 Å². The first-order valence-corrected chi connectivity index (χ1v) is 11.0. The van der Waals surface area contributed by atoms with Gasteiger partial charge in [-0.1, -0.05) is 48.0 Å². The van der Waals surface area contributed by atoms with Crippen LogP contribution < -0.4 is 9.62 Å². The number of nitrogens with zero attached hydrogens (tertiary/aromatic N) is 1. The molecule has 3 aromatic rings. The maximum absolute atomic E-state index is 13.4. The van der Waals surface area contributed by atoms with Gasteiger partial charge >= 0.3 is 0 Å². The summed E-state index contributed by atoms with van der Waals surface area (Å²) in [4.78, 5) is 0.244. The third-order valence-electron chi connectivity index (χ3n) is 5.01. The minimum atomic E-state index is -3.69. The summed E-state index contributed by atoms with van der Waals surface area (Å²) in [7, 11) is -3.69. The molecule has 0 saturated carbocycles. The molecule has 0 spiro atoms. The fourth-order valence-electron chi connectivity index (χ4n) is 3.74. The Hall–Kier alpha value is -2.50. The Morgan fingerprint density at radius 3 is 2.29 bits per heavy atom. The van der Waals surface area contributed by atoms with E-state index >= 15 is 0 Å². The number of rotatable bonds is 4. The van der Waals surface area contributed by atoms with Gasteiger partial charge < -0.3 is 5.32 Å². The van der Waals surface area contributed by atoms with Gasteiger partial charge in [0.15, 0.2) is 0 Å². The van der Waals surface area contributed by atoms with Gasteiger partial charge in [-0.25, -0.2) is 8.42 Å². The van der Waals surface area contributed by atoms with Gasteiger partial charge in [0.05, 0.1) is 16.6 Å². The number of hydrogen-bond donors (Lipinski definition) is 1. The molecule has 0 amide bonds. The summed E-state index contributed by atoms with van der Waals surface area (Å²) in [6.45, 7) is 1.95. The minimum Gasteiger partial charge on any atom is -0.378 e. The van der Waals surface area contributed by atoms with Crippen LogP contribution in [0.4, 0.5) is 11.4 Å². The number of para-hydroxylation sites is 2. The molecule has 0 saturated heterocycles. The molecule has 144 valence electrons. The van der Waals surface area contributed by atoms with Crippen LogP contribution >= 0.6 is 11.6 Å². The van der Waals surface area contributed by atoms with E-state index in [9.17, 15) is 8.42 Å². The zero-order chi connectivity index (χ0) is 19.7. The van der Waals surface area contributed by atoms with Crippen molar-refractivity contribution in [1.29, 1.82) is 0 Å². The molecule has 1 aliphatic rings. The van der Waals surface area contributed by atoms with Crippen LogP contribution in [-0.4, -0.2) is 14.5 Å². The van der Waals surface area contributed by atoms with E-state index in [1.165, 1.54) is 4.31 Å². The molecule has 2 atom stereocenters. The van der Waals surface area contributed by atoms with Crippen LogP contribution in [0.1, 0.15) is 24.9 Å². The van der Waals surface area contributed by atoms with E-state index in [2.05, 4.69) is 5.32 Å². The van der Waals surface area contributed by atoms with Crippen molar-refractivity contribution in [1.82, 2.24) is 0 Å². The number of anilines is 2. The van der Waals surface area contributed by atoms with Crippen LogP contribution in [0.3, 0.4) is 0 Å². The molecular weight excluding hydrogens is 392 g/mol. The van der Waals surface area contributed by atoms with E-state index < -0.39 is 10.0 Å². The monoisotopic (exact) mass is 412 g/mol. The fourth-order valence-corrected chi connectivity index (χ4v) is 5.56. The van der Waals surface area contributed by atoms with Gasteiger partial charge in [-0.05, 0) is 61.4 Å². The van der Waals surface area contributed by atoms with E-state index in [0.29, 0.717) is 17.1 Å². The smallest absolute Gasteiger partial charge is 0.264 e. The summed E-state index contributed by atoms with van der Waals surface area (Å²) in [5.41, 5.74) is 2.70. The van der Waals surface area contributed by atoms with Crippen molar-refractivity contribution in [3.8, 4) is 0 Å². The predicted octanol–water partition coefficient (Wildman–Crippen LogP) is 5.48. The second-order valence-corrected chi connectivity index (χ2v) is 9.21. The summed E-state index contributed by atoms with van der Waals surface area (Å²) in [5.74, 6) is 0. The highest BCUT2D eigenvalue weighted by Gasteiger charge is 2.37. The molecule has 28 heavy (non-hydrogen) atoms. The summed E-state index contributed by atoms with van der Waals surface area (Å²) >= 11 is 5.94. The highest BCUT2D eigenvalue weighted by atomic mass is 35.5. The molecule has 6 heteroatoms. The summed E-state index contributed by atoms with van der Waals surface area (Å²) in [5, 5.41) is 4.06. The van der Waals surface area contributed by atoms with Crippen LogP contribution in [0.5, 0.6) is 0 Å². The van der Waals surface area contributed by atoms with Gasteiger partial charge in [0.1, 0.15) is 0 Å². The Morgan fingerprint density at radius 1 is 0.929 bits per heavy atom. The van der Waals surface area contributed by atoms with Gasteiger partial charge in [-0.2, -0.15) is 0 Å². The SMILES string of the molecule is C[C@H]1C[C@H](Nc2ccccc2)c2ccccc2N1S(=O)(=O)c1ccc(Cl)cc1. The molecule has 4 nitrogen and oxygen atoms in total. The number of benzene rings is 3. The van der Waals surface area contributed by atoms with Crippen molar-refractivity contribution < 1.29 is 8.42 Å². The Kier molecular flexibility index (Phi) is 5.04. The first-order chi connectivity index (χ1) is 13.5. The van der Waals surface area contributed by atoms with Crippen molar-refractivity contribution in [2.45, 2.75) is 30.3 Å². The molecule has 0 unspecified atom stereocenters. The average Bonchev–Trinajstić information content (AvgIpc) is 2.69. The second-order valence-electron chi connectivity index (χ2n) is 6.96. The molecule has 0 radical (unpaired) electrons. The number of fused-ring (bicyclic) bond motifs is 1. The predicted molar refractivity (Wildman–Crippen MR) is 114 cm³/mol. The number of hydrogen-bond acceptors (Lipinski definition) is 3. The lowest BCUT2D eigenvalue weighted by atomic mass is 9.93. The van der Waals surface area contributed by atoms with Gasteiger partial charge in [0.25, 0.3) is 10.0 Å². The Balaban J connectivity index is 1.75. The van der Waals surface area contributed by atoms with Gasteiger partial charge in [0, 0.05) is 16.8 Å². The topological polar surface area (TPSA) is 49.4 Å². The standard InChI is InChI=1S/C22H21ClN2O2S/c1-16-15-21(24-18-7-3-2-4-8-18)20-9-5-6-10-22(20)25(16)28(26,27)19-13-11-17(23)12-14-19/h2-14,16,21,24H,15H2,1H3/t16-,21-/m0/s1. The summed E-state index contributed by atoms with van der Waals surface area (Å²) in [6, 6.07) is 23.8. The van der Waals surface area contributed by atoms with Crippen molar-refractivity contribution in [3.63, 3.8) is 0 Å². The number of nitrogens with one attached hydrogen (secondary N) is 1.